The molecule has 0 aliphatic carbocycles. The third-order valence-corrected chi connectivity index (χ3v) is 4.36. The molecule has 1 aromatic heterocycles. The zero-order chi connectivity index (χ0) is 17.8. The summed E-state index contributed by atoms with van der Waals surface area (Å²) < 4.78 is 5.36. The molecular weight excluding hydrogens is 330 g/mol. The molecule has 2 heterocycles. The van der Waals surface area contributed by atoms with E-state index < -0.39 is 6.04 Å². The quantitative estimate of drug-likeness (QED) is 0.718. The maximum atomic E-state index is 13.2. The van der Waals surface area contributed by atoms with Crippen LogP contribution in [-0.2, 0) is 9.53 Å². The predicted molar refractivity (Wildman–Crippen MR) is 95.2 cm³/mol. The molecule has 1 unspecified atom stereocenters. The van der Waals surface area contributed by atoms with Gasteiger partial charge in [0.05, 0.1) is 13.2 Å². The predicted octanol–water partition coefficient (Wildman–Crippen LogP) is 1.79. The summed E-state index contributed by atoms with van der Waals surface area (Å²) in [6.45, 7) is 2.24. The maximum absolute atomic E-state index is 13.2. The summed E-state index contributed by atoms with van der Waals surface area (Å²) in [5.41, 5.74) is 1.70. The molecule has 7 nitrogen and oxygen atoms in total. The average molecular weight is 349 g/mol. The Morgan fingerprint density at radius 1 is 0.962 bits per heavy atom. The average Bonchev–Trinajstić information content (AvgIpc) is 3.20. The minimum Gasteiger partial charge on any atom is -0.378 e. The summed E-state index contributed by atoms with van der Waals surface area (Å²) >= 11 is 0. The van der Waals surface area contributed by atoms with Crippen LogP contribution in [0.25, 0.3) is 11.4 Å². The first kappa shape index (κ1) is 16.4. The fourth-order valence-corrected chi connectivity index (χ4v) is 3.00. The molecule has 0 saturated carbocycles. The minimum absolute atomic E-state index is 0.0449. The van der Waals surface area contributed by atoms with Crippen LogP contribution < -0.4 is 0 Å². The number of rotatable bonds is 4. The van der Waals surface area contributed by atoms with Crippen LogP contribution in [0.3, 0.4) is 0 Å². The number of hydrogen-bond donors (Lipinski definition) is 0. The lowest BCUT2D eigenvalue weighted by atomic mass is 10.1. The highest BCUT2D eigenvalue weighted by Crippen LogP contribution is 2.21. The van der Waals surface area contributed by atoms with Crippen molar-refractivity contribution in [1.29, 1.82) is 0 Å². The first-order valence-electron chi connectivity index (χ1n) is 8.59. The number of ether oxygens (including phenoxy) is 1. The summed E-state index contributed by atoms with van der Waals surface area (Å²) in [7, 11) is 0. The summed E-state index contributed by atoms with van der Waals surface area (Å²) in [6, 6.07) is 18.5. The number of carbonyl (C=O) groups excluding carboxylic acids is 1. The Labute approximate surface area is 151 Å². The van der Waals surface area contributed by atoms with Gasteiger partial charge in [-0.05, 0) is 10.8 Å². The van der Waals surface area contributed by atoms with E-state index in [4.69, 9.17) is 4.74 Å². The molecule has 7 heteroatoms. The fourth-order valence-electron chi connectivity index (χ4n) is 3.00. The normalized spacial score (nSPS) is 15.6. The van der Waals surface area contributed by atoms with Gasteiger partial charge in [0.15, 0.2) is 6.04 Å². The molecule has 4 rings (SSSR count). The molecule has 3 aromatic rings. The lowest BCUT2D eigenvalue weighted by molar-refractivity contribution is -0.138. The molecule has 0 radical (unpaired) electrons. The lowest BCUT2D eigenvalue weighted by Gasteiger charge is -2.30. The maximum Gasteiger partial charge on any atom is 0.254 e. The van der Waals surface area contributed by atoms with Gasteiger partial charge >= 0.3 is 0 Å². The zero-order valence-electron chi connectivity index (χ0n) is 14.2. The molecule has 1 saturated heterocycles. The van der Waals surface area contributed by atoms with Crippen LogP contribution in [0.15, 0.2) is 60.7 Å². The first-order chi connectivity index (χ1) is 12.8. The van der Waals surface area contributed by atoms with E-state index in [9.17, 15) is 4.79 Å². The number of carbonyl (C=O) groups is 1. The molecule has 0 bridgehead atoms. The van der Waals surface area contributed by atoms with E-state index in [2.05, 4.69) is 15.4 Å². The van der Waals surface area contributed by atoms with Gasteiger partial charge in [-0.15, -0.1) is 15.0 Å². The Hall–Kier alpha value is -3.06. The van der Waals surface area contributed by atoms with Gasteiger partial charge < -0.3 is 9.64 Å². The Bertz CT molecular complexity index is 860. The minimum atomic E-state index is -0.640. The number of nitrogens with zero attached hydrogens (tertiary/aromatic N) is 5. The summed E-state index contributed by atoms with van der Waals surface area (Å²) in [5.74, 6) is 0.456. The number of benzene rings is 2. The molecule has 1 atom stereocenters. The first-order valence-corrected chi connectivity index (χ1v) is 8.59. The van der Waals surface area contributed by atoms with Gasteiger partial charge in [-0.3, -0.25) is 4.79 Å². The largest absolute Gasteiger partial charge is 0.378 e. The topological polar surface area (TPSA) is 73.1 Å². The molecule has 132 valence electrons. The van der Waals surface area contributed by atoms with Crippen LogP contribution in [0, 0.1) is 0 Å². The Kier molecular flexibility index (Phi) is 4.70. The van der Waals surface area contributed by atoms with Gasteiger partial charge in [0.1, 0.15) is 0 Å². The number of hydrogen-bond acceptors (Lipinski definition) is 5. The number of amides is 1. The zero-order valence-corrected chi connectivity index (χ0v) is 14.2. The van der Waals surface area contributed by atoms with Crippen molar-refractivity contribution in [3.63, 3.8) is 0 Å². The van der Waals surface area contributed by atoms with Gasteiger partial charge in [0.25, 0.3) is 5.91 Å². The van der Waals surface area contributed by atoms with Gasteiger partial charge in [0, 0.05) is 18.7 Å². The molecule has 0 N–H and O–H groups in total. The molecule has 26 heavy (non-hydrogen) atoms. The van der Waals surface area contributed by atoms with Gasteiger partial charge in [0.2, 0.25) is 5.82 Å². The smallest absolute Gasteiger partial charge is 0.254 e. The van der Waals surface area contributed by atoms with Crippen LogP contribution >= 0.6 is 0 Å². The Balaban J connectivity index is 1.69. The van der Waals surface area contributed by atoms with Crippen LogP contribution in [0.2, 0.25) is 0 Å². The summed E-state index contributed by atoms with van der Waals surface area (Å²) in [5, 5.41) is 12.8. The Morgan fingerprint density at radius 2 is 1.62 bits per heavy atom. The standard InChI is InChI=1S/C19H19N5O2/c25-19(23-11-13-26-14-12-23)17(15-7-3-1-4-8-15)24-21-18(20-22-24)16-9-5-2-6-10-16/h1-10,17H,11-14H2. The van der Waals surface area contributed by atoms with E-state index in [1.165, 1.54) is 4.80 Å². The van der Waals surface area contributed by atoms with E-state index in [1.807, 2.05) is 60.7 Å². The van der Waals surface area contributed by atoms with Crippen molar-refractivity contribution in [1.82, 2.24) is 25.1 Å². The molecule has 1 fully saturated rings. The second-order valence-electron chi connectivity index (χ2n) is 6.05. The van der Waals surface area contributed by atoms with Crippen molar-refractivity contribution < 1.29 is 9.53 Å². The van der Waals surface area contributed by atoms with Crippen molar-refractivity contribution in [3.05, 3.63) is 66.2 Å². The number of tetrazole rings is 1. The van der Waals surface area contributed by atoms with Crippen molar-refractivity contribution in [2.24, 2.45) is 0 Å². The number of aromatic nitrogens is 4. The van der Waals surface area contributed by atoms with Crippen LogP contribution in [0.1, 0.15) is 11.6 Å². The van der Waals surface area contributed by atoms with Crippen LogP contribution in [0.4, 0.5) is 0 Å². The third kappa shape index (κ3) is 3.34. The highest BCUT2D eigenvalue weighted by atomic mass is 16.5. The molecule has 1 aliphatic rings. The molecule has 1 aliphatic heterocycles. The lowest BCUT2D eigenvalue weighted by Crippen LogP contribution is -2.45. The summed E-state index contributed by atoms with van der Waals surface area (Å²) in [6.07, 6.45) is 0. The molecular formula is C19H19N5O2. The van der Waals surface area contributed by atoms with E-state index in [0.29, 0.717) is 32.1 Å². The van der Waals surface area contributed by atoms with Gasteiger partial charge in [-0.2, -0.15) is 0 Å². The number of morpholine rings is 1. The van der Waals surface area contributed by atoms with Crippen molar-refractivity contribution in [2.75, 3.05) is 26.3 Å². The molecule has 1 amide bonds. The third-order valence-electron chi connectivity index (χ3n) is 4.36. The van der Waals surface area contributed by atoms with E-state index in [-0.39, 0.29) is 5.91 Å². The molecule has 2 aromatic carbocycles. The van der Waals surface area contributed by atoms with Gasteiger partial charge in [-0.1, -0.05) is 60.7 Å². The van der Waals surface area contributed by atoms with Crippen molar-refractivity contribution in [3.8, 4) is 11.4 Å². The van der Waals surface area contributed by atoms with Crippen LogP contribution in [0.5, 0.6) is 0 Å². The van der Waals surface area contributed by atoms with E-state index in [0.717, 1.165) is 11.1 Å². The second kappa shape index (κ2) is 7.45. The SMILES string of the molecule is O=C(C(c1ccccc1)n1nnc(-c2ccccc2)n1)N1CCOCC1. The fraction of sp³-hybridized carbons (Fsp3) is 0.263. The van der Waals surface area contributed by atoms with Crippen LogP contribution in [-0.4, -0.2) is 57.3 Å². The monoisotopic (exact) mass is 349 g/mol. The second-order valence-corrected chi connectivity index (χ2v) is 6.05. The van der Waals surface area contributed by atoms with E-state index in [1.54, 1.807) is 4.90 Å². The molecule has 0 spiro atoms. The highest BCUT2D eigenvalue weighted by molar-refractivity contribution is 5.83. The Morgan fingerprint density at radius 3 is 2.31 bits per heavy atom. The van der Waals surface area contributed by atoms with E-state index >= 15 is 0 Å². The van der Waals surface area contributed by atoms with Gasteiger partial charge in [-0.25, -0.2) is 0 Å². The highest BCUT2D eigenvalue weighted by Gasteiger charge is 2.30. The van der Waals surface area contributed by atoms with Crippen molar-refractivity contribution >= 4 is 5.91 Å². The van der Waals surface area contributed by atoms with Crippen molar-refractivity contribution in [2.45, 2.75) is 6.04 Å². The summed E-state index contributed by atoms with van der Waals surface area (Å²) in [4.78, 5) is 16.4.